The summed E-state index contributed by atoms with van der Waals surface area (Å²) in [5.41, 5.74) is 2.86. The zero-order valence-electron chi connectivity index (χ0n) is 18.4. The summed E-state index contributed by atoms with van der Waals surface area (Å²) in [5.74, 6) is 0.215. The molecule has 3 nitrogen and oxygen atoms in total. The van der Waals surface area contributed by atoms with Crippen LogP contribution in [0.25, 0.3) is 0 Å². The van der Waals surface area contributed by atoms with Crippen LogP contribution in [0.1, 0.15) is 81.4 Å². The second-order valence-electron chi connectivity index (χ2n) is 8.13. The summed E-state index contributed by atoms with van der Waals surface area (Å²) in [6.45, 7) is 4.19. The number of aryl methyl sites for hydroxylation is 2. The molecule has 30 heavy (non-hydrogen) atoms. The van der Waals surface area contributed by atoms with Crippen molar-refractivity contribution < 1.29 is 14.6 Å². The third-order valence-electron chi connectivity index (χ3n) is 5.34. The highest BCUT2D eigenvalue weighted by molar-refractivity contribution is 6.32. The van der Waals surface area contributed by atoms with Gasteiger partial charge in [-0.25, -0.2) is 0 Å². The molecule has 0 aliphatic heterocycles. The lowest BCUT2D eigenvalue weighted by Crippen LogP contribution is -2.02. The van der Waals surface area contributed by atoms with Crippen LogP contribution < -0.4 is 4.74 Å². The first-order valence-electron chi connectivity index (χ1n) is 11.3. The number of carbonyl (C=O) groups is 1. The molecule has 2 aromatic rings. The van der Waals surface area contributed by atoms with Gasteiger partial charge in [0.15, 0.2) is 0 Å². The molecule has 0 spiro atoms. The summed E-state index contributed by atoms with van der Waals surface area (Å²) < 4.78 is 5.95. The molecule has 1 N–H and O–H groups in total. The van der Waals surface area contributed by atoms with Gasteiger partial charge in [0.1, 0.15) is 11.5 Å². The highest BCUT2D eigenvalue weighted by Gasteiger charge is 2.11. The number of aliphatic carboxylic acids is 1. The van der Waals surface area contributed by atoms with Gasteiger partial charge >= 0.3 is 5.97 Å². The maximum Gasteiger partial charge on any atom is 0.307 e. The van der Waals surface area contributed by atoms with E-state index in [2.05, 4.69) is 13.0 Å². The number of carboxylic acid groups (broad SMARTS) is 1. The summed E-state index contributed by atoms with van der Waals surface area (Å²) in [4.78, 5) is 11.1. The Labute approximate surface area is 186 Å². The molecule has 0 amide bonds. The van der Waals surface area contributed by atoms with Crippen molar-refractivity contribution in [2.24, 2.45) is 0 Å². The zero-order valence-corrected chi connectivity index (χ0v) is 19.1. The summed E-state index contributed by atoms with van der Waals surface area (Å²) in [5, 5.41) is 9.70. The summed E-state index contributed by atoms with van der Waals surface area (Å²) in [6, 6.07) is 11.5. The molecule has 164 valence electrons. The molecule has 0 aromatic heterocycles. The Kier molecular flexibility index (Phi) is 10.8. The molecule has 0 saturated heterocycles. The number of benzene rings is 2. The number of hydrogen-bond acceptors (Lipinski definition) is 2. The van der Waals surface area contributed by atoms with Gasteiger partial charge in [0.05, 0.1) is 11.4 Å². The SMILES string of the molecule is CCCCCCCCCCCc1ccc(Oc2ccc(C)cc2CC(=O)O)c(Cl)c1. The van der Waals surface area contributed by atoms with Crippen molar-refractivity contribution >= 4 is 17.6 Å². The first-order chi connectivity index (χ1) is 14.5. The van der Waals surface area contributed by atoms with Crippen molar-refractivity contribution in [2.45, 2.75) is 84.5 Å². The molecule has 0 aliphatic rings. The van der Waals surface area contributed by atoms with Crippen molar-refractivity contribution in [1.82, 2.24) is 0 Å². The van der Waals surface area contributed by atoms with E-state index in [-0.39, 0.29) is 6.42 Å². The van der Waals surface area contributed by atoms with Gasteiger partial charge in [0, 0.05) is 5.56 Å². The largest absolute Gasteiger partial charge is 0.481 e. The van der Waals surface area contributed by atoms with Crippen LogP contribution in [0.4, 0.5) is 0 Å². The number of hydrogen-bond donors (Lipinski definition) is 1. The average molecular weight is 431 g/mol. The van der Waals surface area contributed by atoms with Crippen LogP contribution in [-0.2, 0) is 17.6 Å². The minimum absolute atomic E-state index is 0.0781. The van der Waals surface area contributed by atoms with Gasteiger partial charge in [-0.2, -0.15) is 0 Å². The van der Waals surface area contributed by atoms with Gasteiger partial charge in [-0.05, 0) is 43.5 Å². The molecule has 2 aromatic carbocycles. The highest BCUT2D eigenvalue weighted by Crippen LogP contribution is 2.33. The van der Waals surface area contributed by atoms with E-state index < -0.39 is 5.97 Å². The zero-order chi connectivity index (χ0) is 21.8. The lowest BCUT2D eigenvalue weighted by atomic mass is 10.0. The predicted octanol–water partition coefficient (Wildman–Crippen LogP) is 8.14. The van der Waals surface area contributed by atoms with Gasteiger partial charge in [-0.1, -0.05) is 93.7 Å². The Balaban J connectivity index is 1.82. The van der Waals surface area contributed by atoms with Crippen LogP contribution in [-0.4, -0.2) is 11.1 Å². The maximum absolute atomic E-state index is 11.1. The summed E-state index contributed by atoms with van der Waals surface area (Å²) in [6.07, 6.45) is 12.8. The maximum atomic E-state index is 11.1. The van der Waals surface area contributed by atoms with Crippen LogP contribution in [0.15, 0.2) is 36.4 Å². The smallest absolute Gasteiger partial charge is 0.307 e. The Hall–Kier alpha value is -2.00. The third kappa shape index (κ3) is 8.79. The third-order valence-corrected chi connectivity index (χ3v) is 5.64. The number of rotatable bonds is 14. The van der Waals surface area contributed by atoms with Crippen LogP contribution in [0.5, 0.6) is 11.5 Å². The minimum Gasteiger partial charge on any atom is -0.481 e. The standard InChI is InChI=1S/C26H35ClO3/c1-3-4-5-6-7-8-9-10-11-12-21-14-16-25(23(27)18-21)30-24-15-13-20(2)17-22(24)19-26(28)29/h13-18H,3-12,19H2,1-2H3,(H,28,29). The van der Waals surface area contributed by atoms with E-state index in [0.717, 1.165) is 12.0 Å². The van der Waals surface area contributed by atoms with E-state index in [4.69, 9.17) is 21.4 Å². The highest BCUT2D eigenvalue weighted by atomic mass is 35.5. The van der Waals surface area contributed by atoms with Crippen molar-refractivity contribution in [1.29, 1.82) is 0 Å². The van der Waals surface area contributed by atoms with E-state index >= 15 is 0 Å². The Morgan fingerprint density at radius 3 is 2.17 bits per heavy atom. The van der Waals surface area contributed by atoms with Gasteiger partial charge in [-0.3, -0.25) is 4.79 Å². The fourth-order valence-corrected chi connectivity index (χ4v) is 3.89. The van der Waals surface area contributed by atoms with Gasteiger partial charge in [0.25, 0.3) is 0 Å². The second kappa shape index (κ2) is 13.3. The van der Waals surface area contributed by atoms with E-state index in [9.17, 15) is 4.79 Å². The van der Waals surface area contributed by atoms with E-state index in [1.54, 1.807) is 6.07 Å². The minimum atomic E-state index is -0.882. The van der Waals surface area contributed by atoms with Crippen LogP contribution >= 0.6 is 11.6 Å². The van der Waals surface area contributed by atoms with Crippen LogP contribution in [0.3, 0.4) is 0 Å². The van der Waals surface area contributed by atoms with E-state index in [1.165, 1.54) is 63.4 Å². The first-order valence-corrected chi connectivity index (χ1v) is 11.6. The average Bonchev–Trinajstić information content (AvgIpc) is 2.70. The van der Waals surface area contributed by atoms with Crippen molar-refractivity contribution in [3.63, 3.8) is 0 Å². The molecule has 2 rings (SSSR count). The molecule has 4 heteroatoms. The lowest BCUT2D eigenvalue weighted by molar-refractivity contribution is -0.136. The molecular weight excluding hydrogens is 396 g/mol. The molecule has 0 aliphatic carbocycles. The Morgan fingerprint density at radius 1 is 0.900 bits per heavy atom. The van der Waals surface area contributed by atoms with Crippen LogP contribution in [0, 0.1) is 6.92 Å². The molecule has 0 bridgehead atoms. The molecule has 0 atom stereocenters. The topological polar surface area (TPSA) is 46.5 Å². The second-order valence-corrected chi connectivity index (χ2v) is 8.53. The number of ether oxygens (including phenoxy) is 1. The molecule has 0 heterocycles. The number of halogens is 1. The monoisotopic (exact) mass is 430 g/mol. The molecule has 0 saturated carbocycles. The lowest BCUT2D eigenvalue weighted by Gasteiger charge is -2.13. The predicted molar refractivity (Wildman–Crippen MR) is 125 cm³/mol. The van der Waals surface area contributed by atoms with Gasteiger partial charge < -0.3 is 9.84 Å². The fourth-order valence-electron chi connectivity index (χ4n) is 3.65. The molecule has 0 radical (unpaired) electrons. The van der Waals surface area contributed by atoms with Crippen LogP contribution in [0.2, 0.25) is 5.02 Å². The fraction of sp³-hybridized carbons (Fsp3) is 0.500. The van der Waals surface area contributed by atoms with Crippen molar-refractivity contribution in [3.05, 3.63) is 58.1 Å². The Morgan fingerprint density at radius 2 is 1.53 bits per heavy atom. The first kappa shape index (κ1) is 24.3. The molecule has 0 fully saturated rings. The van der Waals surface area contributed by atoms with E-state index in [0.29, 0.717) is 22.1 Å². The normalized spacial score (nSPS) is 10.9. The summed E-state index contributed by atoms with van der Waals surface area (Å²) in [7, 11) is 0. The van der Waals surface area contributed by atoms with Crippen molar-refractivity contribution in [3.8, 4) is 11.5 Å². The molecule has 0 unspecified atom stereocenters. The van der Waals surface area contributed by atoms with E-state index in [1.807, 2.05) is 31.2 Å². The van der Waals surface area contributed by atoms with Gasteiger partial charge in [-0.15, -0.1) is 0 Å². The van der Waals surface area contributed by atoms with Crippen molar-refractivity contribution in [2.75, 3.05) is 0 Å². The number of unbranched alkanes of at least 4 members (excludes halogenated alkanes) is 8. The Bertz CT molecular complexity index is 801. The summed E-state index contributed by atoms with van der Waals surface area (Å²) >= 11 is 6.45. The molecular formula is C26H35ClO3. The number of carboxylic acids is 1. The van der Waals surface area contributed by atoms with Gasteiger partial charge in [0.2, 0.25) is 0 Å². The quantitative estimate of drug-likeness (QED) is 0.307.